The minimum atomic E-state index is 0. The lowest BCUT2D eigenvalue weighted by Gasteiger charge is -2.31. The Labute approximate surface area is 135 Å². The summed E-state index contributed by atoms with van der Waals surface area (Å²) in [5, 5.41) is 6.78. The number of nitrogens with one attached hydrogen (secondary N) is 2. The highest BCUT2D eigenvalue weighted by Gasteiger charge is 2.15. The van der Waals surface area contributed by atoms with E-state index in [1.165, 1.54) is 25.9 Å². The number of halogens is 1. The number of piperidine rings is 1. The molecule has 2 unspecified atom stereocenters. The molecule has 1 heterocycles. The van der Waals surface area contributed by atoms with Gasteiger partial charge in [-0.25, -0.2) is 0 Å². The van der Waals surface area contributed by atoms with Crippen LogP contribution in [0, 0.1) is 5.92 Å². The summed E-state index contributed by atoms with van der Waals surface area (Å²) in [4.78, 5) is 6.80. The summed E-state index contributed by atoms with van der Waals surface area (Å²) < 4.78 is 0. The van der Waals surface area contributed by atoms with E-state index in [0.29, 0.717) is 6.04 Å². The van der Waals surface area contributed by atoms with E-state index in [4.69, 9.17) is 0 Å². The molecule has 0 saturated carbocycles. The zero-order valence-electron chi connectivity index (χ0n) is 12.9. The Hall–Kier alpha value is -0.0400. The highest BCUT2D eigenvalue weighted by atomic mass is 127. The van der Waals surface area contributed by atoms with Crippen LogP contribution in [-0.2, 0) is 0 Å². The summed E-state index contributed by atoms with van der Waals surface area (Å²) in [6.45, 7) is 11.3. The van der Waals surface area contributed by atoms with E-state index in [1.54, 1.807) is 0 Å². The first kappa shape index (κ1) is 19.0. The number of nitrogens with zero attached hydrogens (tertiary/aromatic N) is 2. The SMILES string of the molecule is CCC(C)NC(=NC)NCCN1CCCC(C)C1.I. The second-order valence-electron chi connectivity index (χ2n) is 5.50. The van der Waals surface area contributed by atoms with Crippen LogP contribution in [0.4, 0.5) is 0 Å². The third kappa shape index (κ3) is 7.97. The maximum absolute atomic E-state index is 4.25. The van der Waals surface area contributed by atoms with Crippen LogP contribution in [0.2, 0.25) is 0 Å². The van der Waals surface area contributed by atoms with Crippen molar-refractivity contribution in [3.63, 3.8) is 0 Å². The first-order chi connectivity index (χ1) is 8.65. The average molecular weight is 382 g/mol. The average Bonchev–Trinajstić information content (AvgIpc) is 2.37. The smallest absolute Gasteiger partial charge is 0.191 e. The molecule has 5 heteroatoms. The van der Waals surface area contributed by atoms with Gasteiger partial charge in [-0.15, -0.1) is 24.0 Å². The molecule has 2 N–H and O–H groups in total. The van der Waals surface area contributed by atoms with Gasteiger partial charge in [0, 0.05) is 32.7 Å². The molecule has 19 heavy (non-hydrogen) atoms. The van der Waals surface area contributed by atoms with Gasteiger partial charge in [-0.1, -0.05) is 13.8 Å². The number of hydrogen-bond donors (Lipinski definition) is 2. The van der Waals surface area contributed by atoms with Crippen LogP contribution in [0.5, 0.6) is 0 Å². The van der Waals surface area contributed by atoms with Gasteiger partial charge in [0.1, 0.15) is 0 Å². The molecule has 1 saturated heterocycles. The molecular weight excluding hydrogens is 351 g/mol. The van der Waals surface area contributed by atoms with Gasteiger partial charge < -0.3 is 15.5 Å². The van der Waals surface area contributed by atoms with E-state index in [9.17, 15) is 0 Å². The van der Waals surface area contributed by atoms with Gasteiger partial charge in [0.15, 0.2) is 5.96 Å². The molecule has 0 aromatic carbocycles. The molecule has 0 spiro atoms. The van der Waals surface area contributed by atoms with Crippen molar-refractivity contribution in [2.75, 3.05) is 33.2 Å². The number of aliphatic imine (C=N–C) groups is 1. The van der Waals surface area contributed by atoms with Crippen molar-refractivity contribution in [2.45, 2.75) is 46.1 Å². The number of hydrogen-bond acceptors (Lipinski definition) is 2. The van der Waals surface area contributed by atoms with Crippen LogP contribution in [-0.4, -0.2) is 50.1 Å². The fourth-order valence-electron chi connectivity index (χ4n) is 2.35. The largest absolute Gasteiger partial charge is 0.355 e. The van der Waals surface area contributed by atoms with Crippen molar-refractivity contribution >= 4 is 29.9 Å². The first-order valence-corrected chi connectivity index (χ1v) is 7.35. The van der Waals surface area contributed by atoms with E-state index in [1.807, 2.05) is 7.05 Å². The van der Waals surface area contributed by atoms with E-state index < -0.39 is 0 Å². The van der Waals surface area contributed by atoms with E-state index >= 15 is 0 Å². The van der Waals surface area contributed by atoms with Gasteiger partial charge >= 0.3 is 0 Å². The van der Waals surface area contributed by atoms with E-state index in [0.717, 1.165) is 31.4 Å². The monoisotopic (exact) mass is 382 g/mol. The zero-order chi connectivity index (χ0) is 13.4. The van der Waals surface area contributed by atoms with Crippen LogP contribution in [0.25, 0.3) is 0 Å². The fraction of sp³-hybridized carbons (Fsp3) is 0.929. The Kier molecular flexibility index (Phi) is 10.7. The molecule has 1 fully saturated rings. The molecule has 0 radical (unpaired) electrons. The van der Waals surface area contributed by atoms with Crippen LogP contribution in [0.3, 0.4) is 0 Å². The molecule has 0 bridgehead atoms. The third-order valence-electron chi connectivity index (χ3n) is 3.68. The second kappa shape index (κ2) is 10.7. The zero-order valence-corrected chi connectivity index (χ0v) is 15.2. The molecule has 0 aliphatic carbocycles. The van der Waals surface area contributed by atoms with Gasteiger partial charge in [-0.2, -0.15) is 0 Å². The van der Waals surface area contributed by atoms with Gasteiger partial charge in [-0.05, 0) is 38.6 Å². The van der Waals surface area contributed by atoms with E-state index in [2.05, 4.69) is 41.3 Å². The summed E-state index contributed by atoms with van der Waals surface area (Å²) in [5.41, 5.74) is 0. The normalized spacial score (nSPS) is 22.5. The van der Waals surface area contributed by atoms with Gasteiger partial charge in [-0.3, -0.25) is 4.99 Å². The van der Waals surface area contributed by atoms with Crippen LogP contribution >= 0.6 is 24.0 Å². The van der Waals surface area contributed by atoms with Crippen molar-refractivity contribution in [3.8, 4) is 0 Å². The van der Waals surface area contributed by atoms with Crippen molar-refractivity contribution in [1.82, 2.24) is 15.5 Å². The quantitative estimate of drug-likeness (QED) is 0.436. The van der Waals surface area contributed by atoms with Crippen molar-refractivity contribution in [1.29, 1.82) is 0 Å². The fourth-order valence-corrected chi connectivity index (χ4v) is 2.35. The molecule has 1 aliphatic rings. The lowest BCUT2D eigenvalue weighted by molar-refractivity contribution is 0.187. The maximum atomic E-state index is 4.25. The summed E-state index contributed by atoms with van der Waals surface area (Å²) in [6, 6.07) is 0.478. The maximum Gasteiger partial charge on any atom is 0.191 e. The molecule has 1 aliphatic heterocycles. The molecule has 0 aromatic heterocycles. The Morgan fingerprint density at radius 1 is 1.47 bits per heavy atom. The summed E-state index contributed by atoms with van der Waals surface area (Å²) in [5.74, 6) is 1.78. The number of rotatable bonds is 5. The second-order valence-corrected chi connectivity index (χ2v) is 5.50. The Balaban J connectivity index is 0.00000324. The third-order valence-corrected chi connectivity index (χ3v) is 3.68. The van der Waals surface area contributed by atoms with Gasteiger partial charge in [0.25, 0.3) is 0 Å². The molecule has 2 atom stereocenters. The molecule has 114 valence electrons. The minimum absolute atomic E-state index is 0. The van der Waals surface area contributed by atoms with E-state index in [-0.39, 0.29) is 24.0 Å². The summed E-state index contributed by atoms with van der Waals surface area (Å²) in [6.07, 6.45) is 3.85. The Morgan fingerprint density at radius 2 is 2.21 bits per heavy atom. The predicted octanol–water partition coefficient (Wildman–Crippen LogP) is 2.30. The molecule has 1 rings (SSSR count). The van der Waals surface area contributed by atoms with Crippen LogP contribution < -0.4 is 10.6 Å². The van der Waals surface area contributed by atoms with Crippen LogP contribution in [0.15, 0.2) is 4.99 Å². The van der Waals surface area contributed by atoms with Crippen molar-refractivity contribution in [3.05, 3.63) is 0 Å². The number of guanidine groups is 1. The summed E-state index contributed by atoms with van der Waals surface area (Å²) >= 11 is 0. The van der Waals surface area contributed by atoms with Gasteiger partial charge in [0.2, 0.25) is 0 Å². The lowest BCUT2D eigenvalue weighted by atomic mass is 10.0. The minimum Gasteiger partial charge on any atom is -0.355 e. The Morgan fingerprint density at radius 3 is 2.79 bits per heavy atom. The lowest BCUT2D eigenvalue weighted by Crippen LogP contribution is -2.45. The Bertz CT molecular complexity index is 258. The molecule has 4 nitrogen and oxygen atoms in total. The first-order valence-electron chi connectivity index (χ1n) is 7.35. The highest BCUT2D eigenvalue weighted by Crippen LogP contribution is 2.14. The standard InChI is InChI=1S/C14H30N4.HI/c1-5-13(3)17-14(15-4)16-8-10-18-9-6-7-12(2)11-18;/h12-13H,5-11H2,1-4H3,(H2,15,16,17);1H. The van der Waals surface area contributed by atoms with Crippen molar-refractivity contribution in [2.24, 2.45) is 10.9 Å². The van der Waals surface area contributed by atoms with Crippen LogP contribution in [0.1, 0.15) is 40.0 Å². The molecule has 0 amide bonds. The predicted molar refractivity (Wildman–Crippen MR) is 94.5 cm³/mol. The van der Waals surface area contributed by atoms with Gasteiger partial charge in [0.05, 0.1) is 0 Å². The molecule has 0 aromatic rings. The van der Waals surface area contributed by atoms with Crippen molar-refractivity contribution < 1.29 is 0 Å². The summed E-state index contributed by atoms with van der Waals surface area (Å²) in [7, 11) is 1.83. The topological polar surface area (TPSA) is 39.7 Å². The highest BCUT2D eigenvalue weighted by molar-refractivity contribution is 14.0. The number of likely N-dealkylation sites (tertiary alicyclic amines) is 1. The molecular formula is C14H31IN4.